The molecule has 1 aliphatic heterocycles. The van der Waals surface area contributed by atoms with Crippen LogP contribution >= 0.6 is 27.5 Å². The van der Waals surface area contributed by atoms with E-state index in [9.17, 15) is 19.1 Å². The third-order valence-corrected chi connectivity index (χ3v) is 7.87. The van der Waals surface area contributed by atoms with Crippen molar-refractivity contribution in [2.75, 3.05) is 18.5 Å². The van der Waals surface area contributed by atoms with E-state index in [1.807, 2.05) is 0 Å². The molecule has 0 radical (unpaired) electrons. The number of halogens is 3. The van der Waals surface area contributed by atoms with Gasteiger partial charge in [0.25, 0.3) is 5.91 Å². The Bertz CT molecular complexity index is 1100. The molecule has 1 atom stereocenters. The molecular formula is C25H28BrClFN3O4. The summed E-state index contributed by atoms with van der Waals surface area (Å²) < 4.78 is 20.2. The number of carboxylic acid groups (broad SMARTS) is 1. The van der Waals surface area contributed by atoms with Gasteiger partial charge in [0.2, 0.25) is 0 Å². The minimum absolute atomic E-state index is 0.0710. The lowest BCUT2D eigenvalue weighted by Crippen LogP contribution is -2.42. The van der Waals surface area contributed by atoms with Gasteiger partial charge in [-0.15, -0.1) is 0 Å². The van der Waals surface area contributed by atoms with E-state index in [-0.39, 0.29) is 29.7 Å². The smallest absolute Gasteiger partial charge is 0.326 e. The average molecular weight is 569 g/mol. The second-order valence-corrected chi connectivity index (χ2v) is 10.3. The van der Waals surface area contributed by atoms with Crippen molar-refractivity contribution in [1.29, 1.82) is 0 Å². The molecule has 35 heavy (non-hydrogen) atoms. The Morgan fingerprint density at radius 2 is 2.11 bits per heavy atom. The molecule has 3 N–H and O–H groups in total. The van der Waals surface area contributed by atoms with Crippen LogP contribution < -0.4 is 10.6 Å². The molecule has 10 heteroatoms. The van der Waals surface area contributed by atoms with E-state index in [1.165, 1.54) is 11.6 Å². The number of nitrogens with zero attached hydrogens (tertiary/aromatic N) is 1. The SMILES string of the molecule is O=C(N[C@@H](CCOC1CC(CCc2ccc3c(n2)NCCC3)C1)C(=O)O)c1c(F)ccc(Br)c1Cl. The second kappa shape index (κ2) is 11.7. The molecule has 1 aliphatic carbocycles. The first kappa shape index (κ1) is 25.9. The number of carboxylic acids is 1. The number of pyridine rings is 1. The van der Waals surface area contributed by atoms with E-state index >= 15 is 0 Å². The zero-order chi connectivity index (χ0) is 24.9. The van der Waals surface area contributed by atoms with Crippen LogP contribution in [0.2, 0.25) is 5.02 Å². The molecule has 1 saturated carbocycles. The number of carbonyl (C=O) groups excluding carboxylic acids is 1. The number of aliphatic carboxylic acids is 1. The van der Waals surface area contributed by atoms with Gasteiger partial charge in [-0.05, 0) is 84.1 Å². The molecular weight excluding hydrogens is 541 g/mol. The minimum Gasteiger partial charge on any atom is -0.480 e. The number of benzene rings is 1. The van der Waals surface area contributed by atoms with Crippen molar-refractivity contribution < 1.29 is 23.8 Å². The maximum absolute atomic E-state index is 14.1. The van der Waals surface area contributed by atoms with Crippen molar-refractivity contribution in [1.82, 2.24) is 10.3 Å². The minimum atomic E-state index is -1.22. The number of anilines is 1. The van der Waals surface area contributed by atoms with Crippen molar-refractivity contribution in [2.45, 2.75) is 57.1 Å². The van der Waals surface area contributed by atoms with Gasteiger partial charge in [0.05, 0.1) is 16.7 Å². The standard InChI is InChI=1S/C25H28BrClFN3O4/c26-18-7-8-19(28)21(22(18)27)24(32)31-20(25(33)34)9-11-35-17-12-14(13-17)3-5-16-6-4-15-2-1-10-29-23(15)30-16/h4,6-8,14,17,20H,1-3,5,9-13H2,(H,29,30)(H,31,32)(H,33,34)/t14?,17?,20-/m0/s1. The molecule has 1 aromatic carbocycles. The number of nitrogens with one attached hydrogen (secondary N) is 2. The molecule has 4 rings (SSSR count). The topological polar surface area (TPSA) is 101 Å². The molecule has 2 aromatic rings. The van der Waals surface area contributed by atoms with Gasteiger partial charge in [-0.3, -0.25) is 4.79 Å². The van der Waals surface area contributed by atoms with Crippen LogP contribution in [-0.4, -0.2) is 47.3 Å². The highest BCUT2D eigenvalue weighted by atomic mass is 79.9. The first-order chi connectivity index (χ1) is 16.8. The Morgan fingerprint density at radius 3 is 2.89 bits per heavy atom. The zero-order valence-electron chi connectivity index (χ0n) is 19.2. The van der Waals surface area contributed by atoms with Crippen LogP contribution in [0.3, 0.4) is 0 Å². The van der Waals surface area contributed by atoms with E-state index in [0.29, 0.717) is 10.4 Å². The fraction of sp³-hybridized carbons (Fsp3) is 0.480. The molecule has 2 heterocycles. The van der Waals surface area contributed by atoms with Crippen molar-refractivity contribution >= 4 is 45.2 Å². The van der Waals surface area contributed by atoms with Gasteiger partial charge in [0.15, 0.2) is 0 Å². The van der Waals surface area contributed by atoms with Crippen molar-refractivity contribution in [3.8, 4) is 0 Å². The van der Waals surface area contributed by atoms with Gasteiger partial charge in [0, 0.05) is 29.7 Å². The van der Waals surface area contributed by atoms with Gasteiger partial charge in [0.1, 0.15) is 17.7 Å². The summed E-state index contributed by atoms with van der Waals surface area (Å²) in [6, 6.07) is 5.55. The number of carbonyl (C=O) groups is 2. The summed E-state index contributed by atoms with van der Waals surface area (Å²) in [5.74, 6) is -1.34. The molecule has 1 amide bonds. The summed E-state index contributed by atoms with van der Waals surface area (Å²) in [4.78, 5) is 28.8. The van der Waals surface area contributed by atoms with Crippen LogP contribution in [0.1, 0.15) is 53.7 Å². The summed E-state index contributed by atoms with van der Waals surface area (Å²) in [7, 11) is 0. The van der Waals surface area contributed by atoms with E-state index < -0.39 is 23.7 Å². The average Bonchev–Trinajstić information content (AvgIpc) is 2.81. The van der Waals surface area contributed by atoms with Gasteiger partial charge in [-0.25, -0.2) is 14.2 Å². The first-order valence-corrected chi connectivity index (χ1v) is 13.0. The van der Waals surface area contributed by atoms with Gasteiger partial charge < -0.3 is 20.5 Å². The molecule has 1 aromatic heterocycles. The fourth-order valence-corrected chi connectivity index (χ4v) is 5.05. The molecule has 0 bridgehead atoms. The van der Waals surface area contributed by atoms with Crippen LogP contribution in [0.4, 0.5) is 10.2 Å². The largest absolute Gasteiger partial charge is 0.480 e. The molecule has 1 fully saturated rings. The summed E-state index contributed by atoms with van der Waals surface area (Å²) in [5.41, 5.74) is 2.00. The number of hydrogen-bond donors (Lipinski definition) is 3. The second-order valence-electron chi connectivity index (χ2n) is 9.08. The van der Waals surface area contributed by atoms with Crippen LogP contribution in [0.15, 0.2) is 28.7 Å². The predicted molar refractivity (Wildman–Crippen MR) is 134 cm³/mol. The summed E-state index contributed by atoms with van der Waals surface area (Å²) in [6.07, 6.45) is 6.19. The third-order valence-electron chi connectivity index (χ3n) is 6.59. The van der Waals surface area contributed by atoms with Crippen molar-refractivity contribution in [2.24, 2.45) is 5.92 Å². The molecule has 2 aliphatic rings. The first-order valence-electron chi connectivity index (χ1n) is 11.8. The molecule has 0 unspecified atom stereocenters. The van der Waals surface area contributed by atoms with Gasteiger partial charge >= 0.3 is 5.97 Å². The predicted octanol–water partition coefficient (Wildman–Crippen LogP) is 5.00. The van der Waals surface area contributed by atoms with Gasteiger partial charge in [-0.1, -0.05) is 17.7 Å². The number of hydrogen-bond acceptors (Lipinski definition) is 5. The van der Waals surface area contributed by atoms with Crippen molar-refractivity contribution in [3.05, 3.63) is 56.4 Å². The number of aromatic nitrogens is 1. The Morgan fingerprint density at radius 1 is 1.31 bits per heavy atom. The van der Waals surface area contributed by atoms with E-state index in [0.717, 1.165) is 62.6 Å². The lowest BCUT2D eigenvalue weighted by Gasteiger charge is -2.35. The Labute approximate surface area is 216 Å². The number of rotatable bonds is 10. The number of aryl methyl sites for hydroxylation is 2. The summed E-state index contributed by atoms with van der Waals surface area (Å²) >= 11 is 9.15. The quantitative estimate of drug-likeness (QED) is 0.349. The highest BCUT2D eigenvalue weighted by Gasteiger charge is 2.31. The van der Waals surface area contributed by atoms with E-state index in [4.69, 9.17) is 21.3 Å². The normalized spacial score (nSPS) is 19.7. The lowest BCUT2D eigenvalue weighted by molar-refractivity contribution is -0.140. The number of ether oxygens (including phenoxy) is 1. The van der Waals surface area contributed by atoms with Crippen LogP contribution in [0.25, 0.3) is 0 Å². The zero-order valence-corrected chi connectivity index (χ0v) is 21.5. The Hall–Kier alpha value is -2.23. The van der Waals surface area contributed by atoms with Crippen molar-refractivity contribution in [3.63, 3.8) is 0 Å². The van der Waals surface area contributed by atoms with Gasteiger partial charge in [-0.2, -0.15) is 0 Å². The third kappa shape index (κ3) is 6.51. The van der Waals surface area contributed by atoms with Crippen LogP contribution in [0, 0.1) is 11.7 Å². The van der Waals surface area contributed by atoms with Crippen LogP contribution in [0.5, 0.6) is 0 Å². The van der Waals surface area contributed by atoms with E-state index in [1.54, 1.807) is 0 Å². The summed E-state index contributed by atoms with van der Waals surface area (Å²) in [6.45, 7) is 1.16. The van der Waals surface area contributed by atoms with Crippen LogP contribution in [-0.2, 0) is 22.4 Å². The lowest BCUT2D eigenvalue weighted by atomic mass is 9.79. The Balaban J connectivity index is 1.18. The number of amides is 1. The van der Waals surface area contributed by atoms with E-state index in [2.05, 4.69) is 38.7 Å². The molecule has 188 valence electrons. The maximum Gasteiger partial charge on any atom is 0.326 e. The monoisotopic (exact) mass is 567 g/mol. The number of fused-ring (bicyclic) bond motifs is 1. The molecule has 0 spiro atoms. The highest BCUT2D eigenvalue weighted by Crippen LogP contribution is 2.34. The maximum atomic E-state index is 14.1. The molecule has 7 nitrogen and oxygen atoms in total. The fourth-order valence-electron chi connectivity index (χ4n) is 4.48. The highest BCUT2D eigenvalue weighted by molar-refractivity contribution is 9.10. The summed E-state index contributed by atoms with van der Waals surface area (Å²) in [5, 5.41) is 15.1. The Kier molecular flexibility index (Phi) is 8.62. The molecule has 0 saturated heterocycles.